The van der Waals surface area contributed by atoms with E-state index in [2.05, 4.69) is 16.9 Å². The predicted molar refractivity (Wildman–Crippen MR) is 67.7 cm³/mol. The molecule has 2 aromatic rings. The molecular weight excluding hydrogens is 214 g/mol. The maximum absolute atomic E-state index is 5.53. The number of ether oxygens (including phenoxy) is 1. The van der Waals surface area contributed by atoms with Crippen LogP contribution in [0.25, 0.3) is 11.4 Å². The summed E-state index contributed by atoms with van der Waals surface area (Å²) >= 11 is 0. The number of rotatable bonds is 5. The molecule has 4 nitrogen and oxygen atoms in total. The molecule has 0 saturated carbocycles. The molecule has 4 heteroatoms. The predicted octanol–water partition coefficient (Wildman–Crippen LogP) is 2.32. The molecule has 1 aromatic heterocycles. The van der Waals surface area contributed by atoms with Gasteiger partial charge in [-0.05, 0) is 30.7 Å². The van der Waals surface area contributed by atoms with Gasteiger partial charge in [-0.1, -0.05) is 6.92 Å². The summed E-state index contributed by atoms with van der Waals surface area (Å²) in [5, 5.41) is 0. The third kappa shape index (κ3) is 2.85. The Hall–Kier alpha value is -1.81. The van der Waals surface area contributed by atoms with Gasteiger partial charge in [-0.25, -0.2) is 4.98 Å². The number of benzene rings is 1. The summed E-state index contributed by atoms with van der Waals surface area (Å²) in [6.07, 6.45) is 2.77. The van der Waals surface area contributed by atoms with Crippen LogP contribution in [0.2, 0.25) is 0 Å². The number of aromatic nitrogens is 2. The number of nitrogens with one attached hydrogen (secondary N) is 1. The Bertz CT molecular complexity index is 462. The van der Waals surface area contributed by atoms with Crippen LogP contribution in [0.15, 0.2) is 30.5 Å². The molecule has 17 heavy (non-hydrogen) atoms. The van der Waals surface area contributed by atoms with Crippen LogP contribution >= 0.6 is 0 Å². The molecule has 0 saturated heterocycles. The van der Waals surface area contributed by atoms with Crippen LogP contribution in [-0.4, -0.2) is 16.6 Å². The molecule has 2 rings (SSSR count). The van der Waals surface area contributed by atoms with Crippen molar-refractivity contribution in [2.75, 3.05) is 6.61 Å². The van der Waals surface area contributed by atoms with Gasteiger partial charge >= 0.3 is 0 Å². The molecule has 90 valence electrons. The molecule has 0 aliphatic carbocycles. The van der Waals surface area contributed by atoms with Gasteiger partial charge in [0.1, 0.15) is 11.6 Å². The molecule has 0 spiro atoms. The minimum atomic E-state index is 0.477. The van der Waals surface area contributed by atoms with E-state index < -0.39 is 0 Å². The second-order valence-electron chi connectivity index (χ2n) is 3.83. The lowest BCUT2D eigenvalue weighted by Crippen LogP contribution is -1.96. The van der Waals surface area contributed by atoms with E-state index in [0.29, 0.717) is 6.54 Å². The largest absolute Gasteiger partial charge is 0.494 e. The van der Waals surface area contributed by atoms with Crippen molar-refractivity contribution < 1.29 is 4.74 Å². The number of nitrogens with two attached hydrogens (primary N) is 1. The van der Waals surface area contributed by atoms with Crippen LogP contribution in [0.4, 0.5) is 0 Å². The van der Waals surface area contributed by atoms with E-state index in [1.807, 2.05) is 24.3 Å². The van der Waals surface area contributed by atoms with Gasteiger partial charge in [-0.3, -0.25) is 0 Å². The summed E-state index contributed by atoms with van der Waals surface area (Å²) < 4.78 is 5.52. The minimum Gasteiger partial charge on any atom is -0.494 e. The Morgan fingerprint density at radius 2 is 2.06 bits per heavy atom. The fraction of sp³-hybridized carbons (Fsp3) is 0.308. The molecular formula is C13H17N3O. The number of nitrogens with zero attached hydrogens (tertiary/aromatic N) is 1. The average molecular weight is 231 g/mol. The SMILES string of the molecule is CCCOc1ccc(-c2ncc(CN)[nH]2)cc1. The standard InChI is InChI=1S/C13H17N3O/c1-2-7-17-12-5-3-10(4-6-12)13-15-9-11(8-14)16-13/h3-6,9H,2,7-8,14H2,1H3,(H,15,16). The third-order valence-corrected chi connectivity index (χ3v) is 2.45. The fourth-order valence-electron chi connectivity index (χ4n) is 1.54. The van der Waals surface area contributed by atoms with Gasteiger partial charge in [0.25, 0.3) is 0 Å². The van der Waals surface area contributed by atoms with Crippen LogP contribution in [-0.2, 0) is 6.54 Å². The highest BCUT2D eigenvalue weighted by molar-refractivity contribution is 5.56. The number of imidazole rings is 1. The second kappa shape index (κ2) is 5.50. The van der Waals surface area contributed by atoms with E-state index in [1.165, 1.54) is 0 Å². The highest BCUT2D eigenvalue weighted by Crippen LogP contribution is 2.19. The maximum atomic E-state index is 5.53. The molecule has 3 N–H and O–H groups in total. The van der Waals surface area contributed by atoms with E-state index >= 15 is 0 Å². The molecule has 0 aliphatic rings. The van der Waals surface area contributed by atoms with Crippen molar-refractivity contribution >= 4 is 0 Å². The van der Waals surface area contributed by atoms with E-state index in [9.17, 15) is 0 Å². The highest BCUT2D eigenvalue weighted by Gasteiger charge is 2.02. The second-order valence-corrected chi connectivity index (χ2v) is 3.83. The zero-order valence-corrected chi connectivity index (χ0v) is 9.94. The van der Waals surface area contributed by atoms with Crippen molar-refractivity contribution in [1.29, 1.82) is 0 Å². The summed E-state index contributed by atoms with van der Waals surface area (Å²) in [7, 11) is 0. The Morgan fingerprint density at radius 3 is 2.65 bits per heavy atom. The van der Waals surface area contributed by atoms with E-state index in [1.54, 1.807) is 6.20 Å². The smallest absolute Gasteiger partial charge is 0.137 e. The molecule has 1 heterocycles. The van der Waals surface area contributed by atoms with Crippen molar-refractivity contribution in [1.82, 2.24) is 9.97 Å². The molecule has 1 aromatic carbocycles. The minimum absolute atomic E-state index is 0.477. The van der Waals surface area contributed by atoms with E-state index in [-0.39, 0.29) is 0 Å². The Morgan fingerprint density at radius 1 is 1.29 bits per heavy atom. The van der Waals surface area contributed by atoms with Gasteiger partial charge in [0, 0.05) is 24.0 Å². The van der Waals surface area contributed by atoms with Gasteiger partial charge in [-0.2, -0.15) is 0 Å². The lowest BCUT2D eigenvalue weighted by molar-refractivity contribution is 0.317. The summed E-state index contributed by atoms with van der Waals surface area (Å²) in [4.78, 5) is 7.44. The molecule has 0 aliphatic heterocycles. The molecule has 0 fully saturated rings. The number of hydrogen-bond donors (Lipinski definition) is 2. The summed E-state index contributed by atoms with van der Waals surface area (Å²) in [5.74, 6) is 1.73. The van der Waals surface area contributed by atoms with Gasteiger partial charge in [0.2, 0.25) is 0 Å². The van der Waals surface area contributed by atoms with Crippen molar-refractivity contribution in [3.8, 4) is 17.1 Å². The maximum Gasteiger partial charge on any atom is 0.137 e. The number of aromatic amines is 1. The van der Waals surface area contributed by atoms with Crippen molar-refractivity contribution in [3.63, 3.8) is 0 Å². The Balaban J connectivity index is 2.11. The number of hydrogen-bond acceptors (Lipinski definition) is 3. The Labute approximate surface area is 101 Å². The van der Waals surface area contributed by atoms with Gasteiger partial charge < -0.3 is 15.5 Å². The van der Waals surface area contributed by atoms with Gasteiger partial charge in [-0.15, -0.1) is 0 Å². The average Bonchev–Trinajstić information content (AvgIpc) is 2.86. The summed E-state index contributed by atoms with van der Waals surface area (Å²) in [6, 6.07) is 7.89. The first-order chi connectivity index (χ1) is 8.33. The Kier molecular flexibility index (Phi) is 3.77. The van der Waals surface area contributed by atoms with Crippen molar-refractivity contribution in [3.05, 3.63) is 36.2 Å². The van der Waals surface area contributed by atoms with E-state index in [0.717, 1.165) is 35.9 Å². The normalized spacial score (nSPS) is 10.5. The topological polar surface area (TPSA) is 63.9 Å². The quantitative estimate of drug-likeness (QED) is 0.830. The van der Waals surface area contributed by atoms with Crippen LogP contribution < -0.4 is 10.5 Å². The van der Waals surface area contributed by atoms with Gasteiger partial charge in [0.15, 0.2) is 0 Å². The molecule has 0 atom stereocenters. The first-order valence-corrected chi connectivity index (χ1v) is 5.80. The lowest BCUT2D eigenvalue weighted by atomic mass is 10.2. The first-order valence-electron chi connectivity index (χ1n) is 5.80. The monoisotopic (exact) mass is 231 g/mol. The number of H-pyrrole nitrogens is 1. The van der Waals surface area contributed by atoms with Crippen molar-refractivity contribution in [2.45, 2.75) is 19.9 Å². The molecule has 0 bridgehead atoms. The molecule has 0 amide bonds. The van der Waals surface area contributed by atoms with Crippen LogP contribution in [0.3, 0.4) is 0 Å². The van der Waals surface area contributed by atoms with Crippen LogP contribution in [0.5, 0.6) is 5.75 Å². The lowest BCUT2D eigenvalue weighted by Gasteiger charge is -2.04. The van der Waals surface area contributed by atoms with Crippen LogP contribution in [0, 0.1) is 0 Å². The molecule has 0 radical (unpaired) electrons. The first kappa shape index (κ1) is 11.7. The molecule has 0 unspecified atom stereocenters. The third-order valence-electron chi connectivity index (χ3n) is 2.45. The zero-order valence-electron chi connectivity index (χ0n) is 9.94. The summed E-state index contributed by atoms with van der Waals surface area (Å²) in [5.41, 5.74) is 7.50. The van der Waals surface area contributed by atoms with E-state index in [4.69, 9.17) is 10.5 Å². The fourth-order valence-corrected chi connectivity index (χ4v) is 1.54. The highest BCUT2D eigenvalue weighted by atomic mass is 16.5. The zero-order chi connectivity index (χ0) is 12.1. The van der Waals surface area contributed by atoms with Crippen LogP contribution in [0.1, 0.15) is 19.0 Å². The summed E-state index contributed by atoms with van der Waals surface area (Å²) in [6.45, 7) is 3.31. The van der Waals surface area contributed by atoms with Crippen molar-refractivity contribution in [2.24, 2.45) is 5.73 Å². The van der Waals surface area contributed by atoms with Gasteiger partial charge in [0.05, 0.1) is 6.61 Å².